The van der Waals surface area contributed by atoms with Crippen molar-refractivity contribution in [1.82, 2.24) is 14.5 Å². The average Bonchev–Trinajstić information content (AvgIpc) is 3.12. The van der Waals surface area contributed by atoms with E-state index in [1.807, 2.05) is 0 Å². The van der Waals surface area contributed by atoms with Crippen molar-refractivity contribution in [2.24, 2.45) is 0 Å². The van der Waals surface area contributed by atoms with Crippen LogP contribution in [0.2, 0.25) is 5.02 Å². The van der Waals surface area contributed by atoms with Crippen LogP contribution in [-0.4, -0.2) is 30.1 Å². The highest BCUT2D eigenvalue weighted by molar-refractivity contribution is 7.92. The Kier molecular flexibility index (Phi) is 5.22. The SMILES string of the molecule is COc1ccc(NS(=O)(=O)c2cncn2-c2ncc(C(F)(F)F)cc2Cl)cc1. The van der Waals surface area contributed by atoms with Crippen molar-refractivity contribution in [1.29, 1.82) is 0 Å². The van der Waals surface area contributed by atoms with E-state index >= 15 is 0 Å². The Bertz CT molecular complexity index is 1100. The second kappa shape index (κ2) is 7.32. The molecule has 28 heavy (non-hydrogen) atoms. The van der Waals surface area contributed by atoms with Gasteiger partial charge in [0, 0.05) is 11.9 Å². The van der Waals surface area contributed by atoms with Crippen molar-refractivity contribution < 1.29 is 26.3 Å². The Hall–Kier alpha value is -2.79. The van der Waals surface area contributed by atoms with Crippen molar-refractivity contribution >= 4 is 27.3 Å². The number of ether oxygens (including phenoxy) is 1. The Labute approximate surface area is 162 Å². The maximum absolute atomic E-state index is 12.8. The van der Waals surface area contributed by atoms with Gasteiger partial charge in [-0.25, -0.2) is 9.97 Å². The monoisotopic (exact) mass is 432 g/mol. The molecule has 0 fully saturated rings. The largest absolute Gasteiger partial charge is 0.497 e. The molecule has 0 amide bonds. The van der Waals surface area contributed by atoms with Crippen molar-refractivity contribution in [3.8, 4) is 11.6 Å². The van der Waals surface area contributed by atoms with Crippen LogP contribution in [0.1, 0.15) is 5.56 Å². The molecule has 0 aliphatic rings. The van der Waals surface area contributed by atoms with E-state index in [1.165, 1.54) is 19.2 Å². The maximum atomic E-state index is 12.8. The molecule has 3 rings (SSSR count). The van der Waals surface area contributed by atoms with Crippen LogP contribution in [0.25, 0.3) is 5.82 Å². The highest BCUT2D eigenvalue weighted by atomic mass is 35.5. The summed E-state index contributed by atoms with van der Waals surface area (Å²) in [6, 6.07) is 6.75. The molecule has 0 radical (unpaired) electrons. The minimum atomic E-state index is -4.63. The molecule has 0 saturated carbocycles. The highest BCUT2D eigenvalue weighted by Gasteiger charge is 2.32. The fraction of sp³-hybridized carbons (Fsp3) is 0.125. The summed E-state index contributed by atoms with van der Waals surface area (Å²) in [6.07, 6.45) is -1.95. The van der Waals surface area contributed by atoms with Gasteiger partial charge in [0.05, 0.1) is 23.9 Å². The molecule has 1 N–H and O–H groups in total. The second-order valence-electron chi connectivity index (χ2n) is 5.46. The van der Waals surface area contributed by atoms with E-state index in [0.29, 0.717) is 18.0 Å². The maximum Gasteiger partial charge on any atom is 0.417 e. The van der Waals surface area contributed by atoms with E-state index in [0.717, 1.165) is 17.1 Å². The summed E-state index contributed by atoms with van der Waals surface area (Å²) in [4.78, 5) is 7.40. The van der Waals surface area contributed by atoms with Crippen molar-refractivity contribution in [3.05, 3.63) is 59.6 Å². The van der Waals surface area contributed by atoms with Crippen LogP contribution < -0.4 is 9.46 Å². The van der Waals surface area contributed by atoms with Gasteiger partial charge in [-0.05, 0) is 30.3 Å². The van der Waals surface area contributed by atoms with Gasteiger partial charge in [0.15, 0.2) is 10.8 Å². The van der Waals surface area contributed by atoms with Crippen molar-refractivity contribution in [2.45, 2.75) is 11.2 Å². The molecular formula is C16H12ClF3N4O3S. The van der Waals surface area contributed by atoms with Gasteiger partial charge >= 0.3 is 6.18 Å². The smallest absolute Gasteiger partial charge is 0.417 e. The van der Waals surface area contributed by atoms with Crippen molar-refractivity contribution in [3.63, 3.8) is 0 Å². The Morgan fingerprint density at radius 2 is 1.86 bits per heavy atom. The average molecular weight is 433 g/mol. The molecule has 148 valence electrons. The number of benzene rings is 1. The number of halogens is 4. The summed E-state index contributed by atoms with van der Waals surface area (Å²) in [5.74, 6) is 0.330. The van der Waals surface area contributed by atoms with E-state index in [2.05, 4.69) is 14.7 Å². The Morgan fingerprint density at radius 1 is 1.18 bits per heavy atom. The summed E-state index contributed by atoms with van der Waals surface area (Å²) in [5, 5.41) is -0.730. The standard InChI is InChI=1S/C16H12ClF3N4O3S/c1-27-12-4-2-11(3-5-12)23-28(25,26)14-8-21-9-24(14)15-13(17)6-10(7-22-15)16(18,19)20/h2-9,23H,1H3. The summed E-state index contributed by atoms with van der Waals surface area (Å²) in [5.41, 5.74) is -0.804. The first-order chi connectivity index (χ1) is 13.1. The van der Waals surface area contributed by atoms with Gasteiger partial charge in [-0.1, -0.05) is 11.6 Å². The third-order valence-electron chi connectivity index (χ3n) is 3.60. The number of imidazole rings is 1. The number of sulfonamides is 1. The van der Waals surface area contributed by atoms with E-state index < -0.39 is 21.8 Å². The number of nitrogens with zero attached hydrogens (tertiary/aromatic N) is 3. The number of hydrogen-bond donors (Lipinski definition) is 1. The van der Waals surface area contributed by atoms with Crippen LogP contribution in [0.15, 0.2) is 54.1 Å². The summed E-state index contributed by atoms with van der Waals surface area (Å²) in [7, 11) is -2.66. The molecule has 0 saturated heterocycles. The van der Waals surface area contributed by atoms with E-state index in [4.69, 9.17) is 16.3 Å². The molecule has 3 aromatic rings. The number of nitrogens with one attached hydrogen (secondary N) is 1. The molecule has 0 spiro atoms. The topological polar surface area (TPSA) is 86.1 Å². The zero-order valence-corrected chi connectivity index (χ0v) is 15.7. The lowest BCUT2D eigenvalue weighted by Crippen LogP contribution is -2.17. The van der Waals surface area contributed by atoms with Gasteiger partial charge in [0.1, 0.15) is 12.1 Å². The molecule has 0 atom stereocenters. The zero-order valence-electron chi connectivity index (χ0n) is 14.1. The number of aromatic nitrogens is 3. The lowest BCUT2D eigenvalue weighted by atomic mass is 10.3. The molecule has 0 bridgehead atoms. The van der Waals surface area contributed by atoms with E-state index in [-0.39, 0.29) is 21.6 Å². The molecule has 12 heteroatoms. The minimum Gasteiger partial charge on any atom is -0.497 e. The number of hydrogen-bond acceptors (Lipinski definition) is 5. The van der Waals surface area contributed by atoms with Crippen molar-refractivity contribution in [2.75, 3.05) is 11.8 Å². The molecule has 0 unspecified atom stereocenters. The summed E-state index contributed by atoms with van der Waals surface area (Å²) >= 11 is 5.90. The minimum absolute atomic E-state index is 0.206. The molecule has 0 aliphatic carbocycles. The van der Waals surface area contributed by atoms with Gasteiger partial charge < -0.3 is 4.74 Å². The first-order valence-corrected chi connectivity index (χ1v) is 9.40. The number of alkyl halides is 3. The lowest BCUT2D eigenvalue weighted by Gasteiger charge is -2.13. The van der Waals surface area contributed by atoms with Crippen LogP contribution in [0.3, 0.4) is 0 Å². The second-order valence-corrected chi connectivity index (χ2v) is 7.50. The number of pyridine rings is 1. The normalized spacial score (nSPS) is 12.0. The predicted molar refractivity (Wildman–Crippen MR) is 95.2 cm³/mol. The van der Waals surface area contributed by atoms with E-state index in [1.54, 1.807) is 12.1 Å². The molecule has 7 nitrogen and oxygen atoms in total. The molecule has 2 heterocycles. The van der Waals surface area contributed by atoms with E-state index in [9.17, 15) is 21.6 Å². The molecular weight excluding hydrogens is 421 g/mol. The Morgan fingerprint density at radius 3 is 2.43 bits per heavy atom. The Balaban J connectivity index is 1.96. The van der Waals surface area contributed by atoms with Gasteiger partial charge in [-0.15, -0.1) is 0 Å². The van der Waals surface area contributed by atoms with Crippen LogP contribution in [0.4, 0.5) is 18.9 Å². The van der Waals surface area contributed by atoms with Gasteiger partial charge in [0.25, 0.3) is 10.0 Å². The summed E-state index contributed by atoms with van der Waals surface area (Å²) < 4.78 is 72.0. The van der Waals surface area contributed by atoms with Crippen LogP contribution in [0.5, 0.6) is 5.75 Å². The quantitative estimate of drug-likeness (QED) is 0.663. The van der Waals surface area contributed by atoms with Crippen LogP contribution in [-0.2, 0) is 16.2 Å². The van der Waals surface area contributed by atoms with Gasteiger partial charge in [0.2, 0.25) is 0 Å². The fourth-order valence-electron chi connectivity index (χ4n) is 2.27. The number of methoxy groups -OCH3 is 1. The zero-order chi connectivity index (χ0) is 20.5. The fourth-order valence-corrected chi connectivity index (χ4v) is 3.67. The first-order valence-electron chi connectivity index (χ1n) is 7.54. The third-order valence-corrected chi connectivity index (χ3v) is 5.23. The van der Waals surface area contributed by atoms with Gasteiger partial charge in [-0.3, -0.25) is 9.29 Å². The highest BCUT2D eigenvalue weighted by Crippen LogP contribution is 2.32. The number of anilines is 1. The molecule has 1 aromatic carbocycles. The van der Waals surface area contributed by atoms with Gasteiger partial charge in [-0.2, -0.15) is 21.6 Å². The van der Waals surface area contributed by atoms with Crippen LogP contribution >= 0.6 is 11.6 Å². The third kappa shape index (κ3) is 4.04. The first kappa shape index (κ1) is 20.0. The lowest BCUT2D eigenvalue weighted by molar-refractivity contribution is -0.137. The summed E-state index contributed by atoms with van der Waals surface area (Å²) in [6.45, 7) is 0. The number of rotatable bonds is 5. The predicted octanol–water partition coefficient (Wildman–Crippen LogP) is 3.75. The molecule has 2 aromatic heterocycles. The van der Waals surface area contributed by atoms with Crippen LogP contribution in [0, 0.1) is 0 Å². The molecule has 0 aliphatic heterocycles.